The highest BCUT2D eigenvalue weighted by molar-refractivity contribution is 6.62. The Morgan fingerprint density at radius 2 is 1.55 bits per heavy atom. The van der Waals surface area contributed by atoms with Crippen LogP contribution in [0.15, 0.2) is 42.5 Å². The molecule has 7 heteroatoms. The maximum absolute atomic E-state index is 12.7. The van der Waals surface area contributed by atoms with E-state index in [0.717, 1.165) is 16.6 Å². The molecule has 172 valence electrons. The van der Waals surface area contributed by atoms with E-state index < -0.39 is 29.3 Å². The van der Waals surface area contributed by atoms with E-state index in [1.807, 2.05) is 71.0 Å². The fraction of sp³-hybridized carbons (Fsp3) is 0.462. The molecule has 0 aromatic heterocycles. The highest BCUT2D eigenvalue weighted by Crippen LogP contribution is 2.56. The molecule has 1 saturated heterocycles. The van der Waals surface area contributed by atoms with Crippen molar-refractivity contribution in [2.75, 3.05) is 0 Å². The molecule has 2 aromatic carbocycles. The van der Waals surface area contributed by atoms with Crippen molar-refractivity contribution < 1.29 is 24.0 Å². The molecule has 1 aliphatic carbocycles. The molecule has 2 aromatic rings. The Balaban J connectivity index is 1.55. The smallest absolute Gasteiger partial charge is 0.399 e. The number of carbonyl (C=O) groups excluding carboxylic acids is 2. The first-order valence-electron chi connectivity index (χ1n) is 11.6. The van der Waals surface area contributed by atoms with Gasteiger partial charge in [-0.2, -0.15) is 0 Å². The van der Waals surface area contributed by atoms with Gasteiger partial charge in [0, 0.05) is 5.41 Å². The van der Waals surface area contributed by atoms with E-state index in [-0.39, 0.29) is 11.8 Å². The van der Waals surface area contributed by atoms with Gasteiger partial charge in [0.1, 0.15) is 0 Å². The van der Waals surface area contributed by atoms with Crippen LogP contribution in [-0.4, -0.2) is 40.8 Å². The van der Waals surface area contributed by atoms with E-state index in [4.69, 9.17) is 9.31 Å². The average molecular weight is 447 g/mol. The predicted molar refractivity (Wildman–Crippen MR) is 126 cm³/mol. The van der Waals surface area contributed by atoms with Crippen molar-refractivity contribution in [2.45, 2.75) is 76.1 Å². The lowest BCUT2D eigenvalue weighted by molar-refractivity contribution is -0.0797. The maximum Gasteiger partial charge on any atom is 0.494 e. The van der Waals surface area contributed by atoms with Gasteiger partial charge in [0.15, 0.2) is 0 Å². The second kappa shape index (κ2) is 7.01. The van der Waals surface area contributed by atoms with Crippen LogP contribution in [0.25, 0.3) is 0 Å². The lowest BCUT2D eigenvalue weighted by atomic mass is 9.51. The van der Waals surface area contributed by atoms with Crippen molar-refractivity contribution >= 4 is 24.4 Å². The largest absolute Gasteiger partial charge is 0.494 e. The highest BCUT2D eigenvalue weighted by atomic mass is 16.7. The number of fused-ring (bicyclic) bond motifs is 1. The number of hydrogen-bond acceptors (Lipinski definition) is 5. The summed E-state index contributed by atoms with van der Waals surface area (Å²) < 4.78 is 12.4. The van der Waals surface area contributed by atoms with Crippen molar-refractivity contribution in [3.8, 4) is 0 Å². The second-order valence-corrected chi connectivity index (χ2v) is 10.7. The molecule has 33 heavy (non-hydrogen) atoms. The van der Waals surface area contributed by atoms with Gasteiger partial charge in [-0.15, -0.1) is 0 Å². The van der Waals surface area contributed by atoms with Crippen LogP contribution < -0.4 is 10.8 Å². The fourth-order valence-corrected chi connectivity index (χ4v) is 5.43. The minimum Gasteiger partial charge on any atom is -0.399 e. The molecule has 0 spiro atoms. The number of amides is 2. The summed E-state index contributed by atoms with van der Waals surface area (Å²) in [7, 11) is -0.460. The topological polar surface area (TPSA) is 84.9 Å². The number of rotatable bonds is 4. The molecule has 5 rings (SSSR count). The number of aliphatic hydroxyl groups is 1. The minimum absolute atomic E-state index is 0.367. The first-order chi connectivity index (χ1) is 15.4. The van der Waals surface area contributed by atoms with Crippen LogP contribution in [0.1, 0.15) is 85.7 Å². The minimum atomic E-state index is -0.799. The normalized spacial score (nSPS) is 29.6. The Morgan fingerprint density at radius 3 is 2.12 bits per heavy atom. The molecule has 2 N–H and O–H groups in total. The van der Waals surface area contributed by atoms with Crippen LogP contribution >= 0.6 is 0 Å². The monoisotopic (exact) mass is 447 g/mol. The number of benzene rings is 2. The third kappa shape index (κ3) is 3.21. The van der Waals surface area contributed by atoms with Crippen LogP contribution in [0.4, 0.5) is 0 Å². The standard InChI is InChI=1S/C26H30BNO5/c1-6-25(31)14-26(15-25,19-9-7-8-18-20(19)22(30)28-21(18)29)16-10-12-17(13-11-16)27-32-23(2,3)24(4,5)33-27/h7-13,31H,6,14-15H2,1-5H3,(H,28,29,30). The van der Waals surface area contributed by atoms with Gasteiger partial charge in [0.05, 0.1) is 27.9 Å². The summed E-state index contributed by atoms with van der Waals surface area (Å²) in [6.07, 6.45) is 1.61. The predicted octanol–water partition coefficient (Wildman–Crippen LogP) is 3.09. The van der Waals surface area contributed by atoms with E-state index in [2.05, 4.69) is 5.32 Å². The SMILES string of the molecule is CCC1(O)CC(c2ccc(B3OC(C)(C)C(C)(C)O3)cc2)(c2cccc3c2C(=O)NC3=O)C1. The van der Waals surface area contributed by atoms with Crippen LogP contribution in [0.3, 0.4) is 0 Å². The molecule has 2 heterocycles. The first-order valence-corrected chi connectivity index (χ1v) is 11.6. The van der Waals surface area contributed by atoms with E-state index in [1.165, 1.54) is 0 Å². The van der Waals surface area contributed by atoms with Gasteiger partial charge in [0.2, 0.25) is 0 Å². The first kappa shape index (κ1) is 22.3. The van der Waals surface area contributed by atoms with E-state index in [0.29, 0.717) is 30.4 Å². The van der Waals surface area contributed by atoms with Gasteiger partial charge in [-0.1, -0.05) is 43.3 Å². The summed E-state index contributed by atoms with van der Waals surface area (Å²) in [5.41, 5.74) is 1.35. The quantitative estimate of drug-likeness (QED) is 0.556. The number of hydrogen-bond donors (Lipinski definition) is 2. The summed E-state index contributed by atoms with van der Waals surface area (Å²) in [6.45, 7) is 10.1. The summed E-state index contributed by atoms with van der Waals surface area (Å²) in [6, 6.07) is 13.5. The zero-order valence-electron chi connectivity index (χ0n) is 19.8. The molecule has 1 saturated carbocycles. The number of carbonyl (C=O) groups is 2. The van der Waals surface area contributed by atoms with Crippen molar-refractivity contribution in [2.24, 2.45) is 0 Å². The van der Waals surface area contributed by atoms with Gasteiger partial charge >= 0.3 is 7.12 Å². The van der Waals surface area contributed by atoms with Crippen molar-refractivity contribution in [1.82, 2.24) is 5.32 Å². The zero-order valence-corrected chi connectivity index (χ0v) is 19.8. The number of imide groups is 1. The van der Waals surface area contributed by atoms with Gasteiger partial charge in [-0.25, -0.2) is 0 Å². The Bertz CT molecular complexity index is 1130. The second-order valence-electron chi connectivity index (χ2n) is 10.7. The van der Waals surface area contributed by atoms with Crippen molar-refractivity contribution in [3.05, 3.63) is 64.7 Å². The molecule has 0 radical (unpaired) electrons. The summed E-state index contributed by atoms with van der Waals surface area (Å²) >= 11 is 0. The Hall–Kier alpha value is -2.48. The molecule has 2 amide bonds. The molecular formula is C26H30BNO5. The van der Waals surface area contributed by atoms with Crippen LogP contribution in [0, 0.1) is 0 Å². The molecule has 0 atom stereocenters. The molecule has 0 bridgehead atoms. The summed E-state index contributed by atoms with van der Waals surface area (Å²) in [5, 5.41) is 13.4. The van der Waals surface area contributed by atoms with Gasteiger partial charge in [0.25, 0.3) is 11.8 Å². The van der Waals surface area contributed by atoms with Gasteiger partial charge < -0.3 is 14.4 Å². The summed E-state index contributed by atoms with van der Waals surface area (Å²) in [4.78, 5) is 24.9. The van der Waals surface area contributed by atoms with Crippen molar-refractivity contribution in [3.63, 3.8) is 0 Å². The average Bonchev–Trinajstić information content (AvgIpc) is 3.16. The van der Waals surface area contributed by atoms with E-state index in [1.54, 1.807) is 6.07 Å². The van der Waals surface area contributed by atoms with Gasteiger partial charge in [-0.3, -0.25) is 14.9 Å². The molecular weight excluding hydrogens is 417 g/mol. The number of nitrogens with one attached hydrogen (secondary N) is 1. The third-order valence-electron chi connectivity index (χ3n) is 8.19. The molecule has 0 unspecified atom stereocenters. The van der Waals surface area contributed by atoms with Crippen LogP contribution in [-0.2, 0) is 14.7 Å². The van der Waals surface area contributed by atoms with Crippen LogP contribution in [0.5, 0.6) is 0 Å². The third-order valence-corrected chi connectivity index (χ3v) is 8.19. The Kier molecular flexibility index (Phi) is 4.74. The molecule has 2 fully saturated rings. The lowest BCUT2D eigenvalue weighted by Crippen LogP contribution is -2.55. The van der Waals surface area contributed by atoms with E-state index >= 15 is 0 Å². The van der Waals surface area contributed by atoms with Crippen molar-refractivity contribution in [1.29, 1.82) is 0 Å². The Morgan fingerprint density at radius 1 is 0.939 bits per heavy atom. The lowest BCUT2D eigenvalue weighted by Gasteiger charge is -2.54. The van der Waals surface area contributed by atoms with E-state index in [9.17, 15) is 14.7 Å². The highest BCUT2D eigenvalue weighted by Gasteiger charge is 2.57. The molecule has 2 aliphatic heterocycles. The zero-order chi connectivity index (χ0) is 23.8. The summed E-state index contributed by atoms with van der Waals surface area (Å²) in [5.74, 6) is -0.737. The van der Waals surface area contributed by atoms with Crippen LogP contribution in [0.2, 0.25) is 0 Å². The van der Waals surface area contributed by atoms with Gasteiger partial charge in [-0.05, 0) is 69.6 Å². The molecule has 3 aliphatic rings. The fourth-order valence-electron chi connectivity index (χ4n) is 5.43. The Labute approximate surface area is 194 Å². The maximum atomic E-state index is 12.7. The molecule has 6 nitrogen and oxygen atoms in total.